The summed E-state index contributed by atoms with van der Waals surface area (Å²) in [5.41, 5.74) is 0.0925. The third-order valence-electron chi connectivity index (χ3n) is 2.60. The van der Waals surface area contributed by atoms with E-state index in [-0.39, 0.29) is 11.5 Å². The van der Waals surface area contributed by atoms with Crippen LogP contribution in [0, 0.1) is 5.41 Å². The normalized spacial score (nSPS) is 24.1. The van der Waals surface area contributed by atoms with Gasteiger partial charge in [-0.05, 0) is 11.8 Å². The first kappa shape index (κ1) is 11.8. The summed E-state index contributed by atoms with van der Waals surface area (Å²) < 4.78 is 0. The Hall–Kier alpha value is -1.30. The number of nitrogens with one attached hydrogen (secondary N) is 2. The summed E-state index contributed by atoms with van der Waals surface area (Å²) in [6, 6.07) is -1.70. The second-order valence-electron chi connectivity index (χ2n) is 4.44. The maximum absolute atomic E-state index is 11.3. The molecule has 0 bridgehead atoms. The molecule has 1 rings (SSSR count). The highest BCUT2D eigenvalue weighted by Gasteiger charge is 2.46. The first-order valence-electron chi connectivity index (χ1n) is 4.77. The zero-order valence-corrected chi connectivity index (χ0v) is 8.78. The van der Waals surface area contributed by atoms with Gasteiger partial charge in [0.05, 0.1) is 6.61 Å². The van der Waals surface area contributed by atoms with E-state index in [4.69, 9.17) is 10.2 Å². The molecular formula is C9H16N2O4. The van der Waals surface area contributed by atoms with Crippen LogP contribution in [-0.4, -0.2) is 40.9 Å². The Morgan fingerprint density at radius 1 is 1.53 bits per heavy atom. The van der Waals surface area contributed by atoms with Crippen LogP contribution in [0.5, 0.6) is 0 Å². The minimum atomic E-state index is -1.25. The van der Waals surface area contributed by atoms with Gasteiger partial charge in [-0.3, -0.25) is 0 Å². The number of carboxylic acid groups (broad SMARTS) is 1. The zero-order valence-electron chi connectivity index (χ0n) is 8.78. The average molecular weight is 216 g/mol. The molecule has 0 aromatic heterocycles. The molecule has 2 atom stereocenters. The van der Waals surface area contributed by atoms with Gasteiger partial charge in [0.2, 0.25) is 0 Å². The lowest BCUT2D eigenvalue weighted by Gasteiger charge is -2.13. The van der Waals surface area contributed by atoms with Crippen LogP contribution in [0.1, 0.15) is 20.3 Å². The lowest BCUT2D eigenvalue weighted by atomic mass is 10.2. The molecule has 6 nitrogen and oxygen atoms in total. The molecule has 4 N–H and O–H groups in total. The number of urea groups is 1. The lowest BCUT2D eigenvalue weighted by Crippen LogP contribution is -2.48. The Balaban J connectivity index is 2.33. The van der Waals surface area contributed by atoms with Crippen molar-refractivity contribution in [2.45, 2.75) is 32.4 Å². The predicted molar refractivity (Wildman–Crippen MR) is 52.4 cm³/mol. The quantitative estimate of drug-likeness (QED) is 0.510. The van der Waals surface area contributed by atoms with Crippen molar-refractivity contribution in [2.75, 3.05) is 6.61 Å². The van der Waals surface area contributed by atoms with Gasteiger partial charge in [-0.25, -0.2) is 9.59 Å². The number of amides is 2. The van der Waals surface area contributed by atoms with Crippen LogP contribution in [-0.2, 0) is 4.79 Å². The van der Waals surface area contributed by atoms with Crippen LogP contribution in [0.15, 0.2) is 0 Å². The third kappa shape index (κ3) is 3.09. The Morgan fingerprint density at radius 2 is 2.07 bits per heavy atom. The topological polar surface area (TPSA) is 98.7 Å². The molecule has 0 spiro atoms. The highest BCUT2D eigenvalue weighted by Crippen LogP contribution is 2.44. The smallest absolute Gasteiger partial charge is 0.328 e. The number of aliphatic hydroxyl groups is 1. The van der Waals surface area contributed by atoms with Gasteiger partial charge in [0.1, 0.15) is 0 Å². The predicted octanol–water partition coefficient (Wildman–Crippen LogP) is -0.470. The molecule has 1 unspecified atom stereocenters. The molecule has 0 aromatic rings. The number of aliphatic hydroxyl groups excluding tert-OH is 1. The highest BCUT2D eigenvalue weighted by atomic mass is 16.4. The molecule has 0 aromatic carbocycles. The van der Waals surface area contributed by atoms with E-state index < -0.39 is 24.6 Å². The number of rotatable bonds is 4. The molecule has 1 fully saturated rings. The summed E-state index contributed by atoms with van der Waals surface area (Å²) in [6.07, 6.45) is 0.886. The average Bonchev–Trinajstić information content (AvgIpc) is 2.69. The van der Waals surface area contributed by atoms with Gasteiger partial charge in [-0.2, -0.15) is 0 Å². The first-order chi connectivity index (χ1) is 6.86. The van der Waals surface area contributed by atoms with E-state index in [1.54, 1.807) is 0 Å². The largest absolute Gasteiger partial charge is 0.480 e. The van der Waals surface area contributed by atoms with Crippen molar-refractivity contribution < 1.29 is 19.8 Å². The number of carbonyl (C=O) groups excluding carboxylic acids is 1. The van der Waals surface area contributed by atoms with Crippen LogP contribution in [0.4, 0.5) is 4.79 Å². The molecule has 1 aliphatic carbocycles. The van der Waals surface area contributed by atoms with E-state index >= 15 is 0 Å². The summed E-state index contributed by atoms with van der Waals surface area (Å²) in [7, 11) is 0. The number of aliphatic carboxylic acids is 1. The van der Waals surface area contributed by atoms with Crippen molar-refractivity contribution in [1.82, 2.24) is 10.6 Å². The van der Waals surface area contributed by atoms with E-state index in [0.717, 1.165) is 6.42 Å². The number of hydrogen-bond acceptors (Lipinski definition) is 3. The Bertz CT molecular complexity index is 277. The van der Waals surface area contributed by atoms with Gasteiger partial charge < -0.3 is 20.8 Å². The Morgan fingerprint density at radius 3 is 2.40 bits per heavy atom. The fraction of sp³-hybridized carbons (Fsp3) is 0.778. The van der Waals surface area contributed by atoms with Crippen LogP contribution in [0.2, 0.25) is 0 Å². The molecule has 0 aliphatic heterocycles. The first-order valence-corrected chi connectivity index (χ1v) is 4.77. The molecule has 1 saturated carbocycles. The van der Waals surface area contributed by atoms with Gasteiger partial charge in [-0.15, -0.1) is 0 Å². The van der Waals surface area contributed by atoms with Crippen molar-refractivity contribution in [2.24, 2.45) is 5.41 Å². The monoisotopic (exact) mass is 216 g/mol. The van der Waals surface area contributed by atoms with E-state index in [1.807, 2.05) is 13.8 Å². The summed E-state index contributed by atoms with van der Waals surface area (Å²) in [5, 5.41) is 22.1. The molecular weight excluding hydrogens is 200 g/mol. The highest BCUT2D eigenvalue weighted by molar-refractivity contribution is 5.82. The van der Waals surface area contributed by atoms with Gasteiger partial charge in [0, 0.05) is 6.04 Å². The van der Waals surface area contributed by atoms with Crippen molar-refractivity contribution in [3.05, 3.63) is 0 Å². The minimum Gasteiger partial charge on any atom is -0.480 e. The Kier molecular flexibility index (Phi) is 3.18. The molecule has 86 valence electrons. The maximum atomic E-state index is 11.3. The van der Waals surface area contributed by atoms with Crippen molar-refractivity contribution in [1.29, 1.82) is 0 Å². The van der Waals surface area contributed by atoms with Gasteiger partial charge in [0.25, 0.3) is 0 Å². The number of carboxylic acids is 1. The number of hydrogen-bond donors (Lipinski definition) is 4. The molecule has 0 saturated heterocycles. The standard InChI is InChI=1S/C9H16N2O4/c1-9(2)3-6(9)11-8(15)10-5(4-12)7(13)14/h5-6,12H,3-4H2,1-2H3,(H,13,14)(H2,10,11,15)/t5-,6?/m1/s1. The summed E-state index contributed by atoms with van der Waals surface area (Å²) in [6.45, 7) is 3.41. The zero-order chi connectivity index (χ0) is 11.6. The van der Waals surface area contributed by atoms with Crippen molar-refractivity contribution in [3.8, 4) is 0 Å². The SMILES string of the molecule is CC1(C)CC1NC(=O)N[C@H](CO)C(=O)O. The molecule has 15 heavy (non-hydrogen) atoms. The maximum Gasteiger partial charge on any atom is 0.328 e. The molecule has 1 aliphatic rings. The van der Waals surface area contributed by atoms with Crippen LogP contribution in [0.3, 0.4) is 0 Å². The molecule has 2 amide bonds. The summed E-state index contributed by atoms with van der Waals surface area (Å²) in [4.78, 5) is 21.8. The van der Waals surface area contributed by atoms with Crippen molar-refractivity contribution >= 4 is 12.0 Å². The van der Waals surface area contributed by atoms with Crippen LogP contribution >= 0.6 is 0 Å². The molecule has 6 heteroatoms. The fourth-order valence-electron chi connectivity index (χ4n) is 1.26. The van der Waals surface area contributed by atoms with E-state index in [0.29, 0.717) is 0 Å². The van der Waals surface area contributed by atoms with Gasteiger partial charge >= 0.3 is 12.0 Å². The minimum absolute atomic E-state index is 0.0886. The molecule has 0 radical (unpaired) electrons. The van der Waals surface area contributed by atoms with Crippen LogP contribution < -0.4 is 10.6 Å². The second-order valence-corrected chi connectivity index (χ2v) is 4.44. The fourth-order valence-corrected chi connectivity index (χ4v) is 1.26. The molecule has 0 heterocycles. The lowest BCUT2D eigenvalue weighted by molar-refractivity contribution is -0.140. The van der Waals surface area contributed by atoms with E-state index in [9.17, 15) is 9.59 Å². The summed E-state index contributed by atoms with van der Waals surface area (Å²) in [5.74, 6) is -1.25. The van der Waals surface area contributed by atoms with E-state index in [2.05, 4.69) is 10.6 Å². The van der Waals surface area contributed by atoms with Crippen LogP contribution in [0.25, 0.3) is 0 Å². The second kappa shape index (κ2) is 4.06. The van der Waals surface area contributed by atoms with Gasteiger partial charge in [0.15, 0.2) is 6.04 Å². The van der Waals surface area contributed by atoms with E-state index in [1.165, 1.54) is 0 Å². The Labute approximate surface area is 87.7 Å². The van der Waals surface area contributed by atoms with Gasteiger partial charge in [-0.1, -0.05) is 13.8 Å². The number of carbonyl (C=O) groups is 2. The summed E-state index contributed by atoms with van der Waals surface area (Å²) >= 11 is 0. The third-order valence-corrected chi connectivity index (χ3v) is 2.60. The van der Waals surface area contributed by atoms with Crippen molar-refractivity contribution in [3.63, 3.8) is 0 Å².